The molecular formula is C29H21N5O2S. The molecule has 1 aliphatic heterocycles. The van der Waals surface area contributed by atoms with Gasteiger partial charge in [0.2, 0.25) is 5.16 Å². The van der Waals surface area contributed by atoms with Crippen molar-refractivity contribution in [2.75, 3.05) is 5.01 Å². The van der Waals surface area contributed by atoms with Crippen LogP contribution in [-0.4, -0.2) is 25.8 Å². The zero-order valence-corrected chi connectivity index (χ0v) is 20.5. The number of amides is 1. The lowest BCUT2D eigenvalue weighted by molar-refractivity contribution is 0.0971. The minimum atomic E-state index is -0.225. The predicted octanol–water partition coefficient (Wildman–Crippen LogP) is 5.66. The van der Waals surface area contributed by atoms with Gasteiger partial charge in [0.25, 0.3) is 5.91 Å². The van der Waals surface area contributed by atoms with E-state index >= 15 is 0 Å². The highest BCUT2D eigenvalue weighted by Crippen LogP contribution is 2.45. The molecule has 7 nitrogen and oxygen atoms in total. The van der Waals surface area contributed by atoms with E-state index in [0.717, 1.165) is 21.7 Å². The smallest absolute Gasteiger partial charge is 0.277 e. The fourth-order valence-corrected chi connectivity index (χ4v) is 5.19. The molecule has 0 bridgehead atoms. The number of carbonyl (C=O) groups excluding carboxylic acids is 1. The zero-order chi connectivity index (χ0) is 25.0. The van der Waals surface area contributed by atoms with Gasteiger partial charge >= 0.3 is 0 Å². The SMILES string of the molecule is O=C(c1ccncc1)N1C(c2ccccc2)=C(c2ccccc2)Sc2nnc(COc3ccccc3)n21. The van der Waals surface area contributed by atoms with Crippen molar-refractivity contribution in [3.8, 4) is 5.75 Å². The van der Waals surface area contributed by atoms with Crippen LogP contribution in [0.5, 0.6) is 5.75 Å². The molecule has 0 spiro atoms. The monoisotopic (exact) mass is 503 g/mol. The molecular weight excluding hydrogens is 482 g/mol. The average molecular weight is 504 g/mol. The first-order chi connectivity index (χ1) is 18.3. The molecule has 6 rings (SSSR count). The van der Waals surface area contributed by atoms with E-state index < -0.39 is 0 Å². The van der Waals surface area contributed by atoms with Gasteiger partial charge in [0.15, 0.2) is 5.82 Å². The molecule has 180 valence electrons. The van der Waals surface area contributed by atoms with Crippen molar-refractivity contribution in [3.63, 3.8) is 0 Å². The first-order valence-electron chi connectivity index (χ1n) is 11.7. The van der Waals surface area contributed by atoms with Gasteiger partial charge in [-0.25, -0.2) is 9.69 Å². The van der Waals surface area contributed by atoms with Crippen LogP contribution < -0.4 is 9.75 Å². The van der Waals surface area contributed by atoms with Crippen LogP contribution in [0.25, 0.3) is 10.6 Å². The van der Waals surface area contributed by atoms with E-state index in [0.29, 0.717) is 22.3 Å². The highest BCUT2D eigenvalue weighted by atomic mass is 32.2. The molecule has 0 radical (unpaired) electrons. The van der Waals surface area contributed by atoms with E-state index in [1.54, 1.807) is 34.2 Å². The van der Waals surface area contributed by atoms with Crippen molar-refractivity contribution in [2.24, 2.45) is 0 Å². The van der Waals surface area contributed by atoms with E-state index in [4.69, 9.17) is 4.74 Å². The number of nitrogens with zero attached hydrogens (tertiary/aromatic N) is 5. The molecule has 5 aromatic rings. The van der Waals surface area contributed by atoms with Crippen molar-refractivity contribution < 1.29 is 9.53 Å². The van der Waals surface area contributed by atoms with Gasteiger partial charge in [0.1, 0.15) is 12.4 Å². The van der Waals surface area contributed by atoms with Gasteiger partial charge in [-0.1, -0.05) is 78.9 Å². The first-order valence-corrected chi connectivity index (χ1v) is 12.5. The number of pyridine rings is 1. The van der Waals surface area contributed by atoms with Crippen LogP contribution in [0, 0.1) is 0 Å². The molecule has 1 amide bonds. The Balaban J connectivity index is 1.53. The van der Waals surface area contributed by atoms with Gasteiger partial charge in [-0.2, -0.15) is 0 Å². The van der Waals surface area contributed by atoms with Gasteiger partial charge < -0.3 is 4.74 Å². The van der Waals surface area contributed by atoms with Crippen molar-refractivity contribution in [2.45, 2.75) is 11.8 Å². The molecule has 0 aliphatic carbocycles. The van der Waals surface area contributed by atoms with Crippen LogP contribution in [0.3, 0.4) is 0 Å². The molecule has 0 atom stereocenters. The van der Waals surface area contributed by atoms with Gasteiger partial charge in [-0.15, -0.1) is 10.2 Å². The summed E-state index contributed by atoms with van der Waals surface area (Å²) in [6.07, 6.45) is 3.23. The Morgan fingerprint density at radius 3 is 2.05 bits per heavy atom. The lowest BCUT2D eigenvalue weighted by atomic mass is 10.1. The van der Waals surface area contributed by atoms with E-state index in [9.17, 15) is 4.79 Å². The molecule has 8 heteroatoms. The first kappa shape index (κ1) is 22.8. The second-order valence-electron chi connectivity index (χ2n) is 8.18. The van der Waals surface area contributed by atoms with E-state index in [2.05, 4.69) is 15.2 Å². The summed E-state index contributed by atoms with van der Waals surface area (Å²) in [6, 6.07) is 32.8. The number of hydrogen-bond acceptors (Lipinski definition) is 6. The van der Waals surface area contributed by atoms with Crippen LogP contribution in [0.2, 0.25) is 0 Å². The second-order valence-corrected chi connectivity index (χ2v) is 9.15. The number of ether oxygens (including phenoxy) is 1. The maximum atomic E-state index is 14.2. The van der Waals surface area contributed by atoms with Crippen LogP contribution in [0.4, 0.5) is 0 Å². The maximum Gasteiger partial charge on any atom is 0.277 e. The van der Waals surface area contributed by atoms with Crippen LogP contribution in [-0.2, 0) is 6.61 Å². The standard InChI is InChI=1S/C29H21N5O2S/c35-28(23-16-18-30-19-17-23)34-26(21-10-4-1-5-11-21)27(22-12-6-2-7-13-22)37-29-32-31-25(33(29)34)20-36-24-14-8-3-9-15-24/h1-19H,20H2. The highest BCUT2D eigenvalue weighted by Gasteiger charge is 2.36. The summed E-state index contributed by atoms with van der Waals surface area (Å²) >= 11 is 1.48. The van der Waals surface area contributed by atoms with Crippen LogP contribution >= 0.6 is 11.8 Å². The minimum absolute atomic E-state index is 0.139. The Kier molecular flexibility index (Phi) is 6.22. The lowest BCUT2D eigenvalue weighted by Gasteiger charge is -2.33. The summed E-state index contributed by atoms with van der Waals surface area (Å²) in [5.74, 6) is 0.991. The van der Waals surface area contributed by atoms with Gasteiger partial charge in [0.05, 0.1) is 5.70 Å². The van der Waals surface area contributed by atoms with Crippen molar-refractivity contribution in [3.05, 3.63) is 138 Å². The average Bonchev–Trinajstić information content (AvgIpc) is 3.39. The van der Waals surface area contributed by atoms with Crippen molar-refractivity contribution >= 4 is 28.3 Å². The fraction of sp³-hybridized carbons (Fsp3) is 0.0345. The molecule has 0 unspecified atom stereocenters. The molecule has 3 aromatic carbocycles. The Morgan fingerprint density at radius 1 is 0.757 bits per heavy atom. The van der Waals surface area contributed by atoms with E-state index in [1.165, 1.54) is 11.8 Å². The van der Waals surface area contributed by atoms with Gasteiger partial charge in [0, 0.05) is 28.4 Å². The van der Waals surface area contributed by atoms with Crippen LogP contribution in [0.1, 0.15) is 27.3 Å². The second kappa shape index (κ2) is 10.1. The van der Waals surface area contributed by atoms with Gasteiger partial charge in [-0.05, 0) is 41.6 Å². The Labute approximate surface area is 218 Å². The van der Waals surface area contributed by atoms with Crippen LogP contribution in [0.15, 0.2) is 121 Å². The Hall–Kier alpha value is -4.69. The quantitative estimate of drug-likeness (QED) is 0.298. The summed E-state index contributed by atoms with van der Waals surface area (Å²) in [4.78, 5) is 19.2. The predicted molar refractivity (Wildman–Crippen MR) is 143 cm³/mol. The number of fused-ring (bicyclic) bond motifs is 1. The molecule has 0 N–H and O–H groups in total. The summed E-state index contributed by atoms with van der Waals surface area (Å²) in [7, 11) is 0. The lowest BCUT2D eigenvalue weighted by Crippen LogP contribution is -2.42. The summed E-state index contributed by atoms with van der Waals surface area (Å²) in [5, 5.41) is 11.1. The molecule has 0 fully saturated rings. The van der Waals surface area contributed by atoms with E-state index in [-0.39, 0.29) is 12.5 Å². The highest BCUT2D eigenvalue weighted by molar-refractivity contribution is 8.08. The third-order valence-corrected chi connectivity index (χ3v) is 6.88. The number of para-hydroxylation sites is 1. The van der Waals surface area contributed by atoms with Gasteiger partial charge in [-0.3, -0.25) is 9.78 Å². The minimum Gasteiger partial charge on any atom is -0.486 e. The number of rotatable bonds is 6. The van der Waals surface area contributed by atoms with Crippen molar-refractivity contribution in [1.29, 1.82) is 0 Å². The largest absolute Gasteiger partial charge is 0.486 e. The molecule has 0 saturated carbocycles. The zero-order valence-electron chi connectivity index (χ0n) is 19.6. The third kappa shape index (κ3) is 4.50. The topological polar surface area (TPSA) is 73.1 Å². The molecule has 0 saturated heterocycles. The van der Waals surface area contributed by atoms with E-state index in [1.807, 2.05) is 91.0 Å². The number of aromatic nitrogens is 4. The Morgan fingerprint density at radius 2 is 1.38 bits per heavy atom. The maximum absolute atomic E-state index is 14.2. The number of carbonyl (C=O) groups is 1. The normalized spacial score (nSPS) is 12.8. The summed E-state index contributed by atoms with van der Waals surface area (Å²) in [6.45, 7) is 0.139. The molecule has 2 aromatic heterocycles. The summed E-state index contributed by atoms with van der Waals surface area (Å²) in [5.41, 5.74) is 3.12. The third-order valence-electron chi connectivity index (χ3n) is 5.81. The number of thioether (sulfide) groups is 1. The Bertz CT molecular complexity index is 1560. The molecule has 3 heterocycles. The molecule has 37 heavy (non-hydrogen) atoms. The number of hydrogen-bond donors (Lipinski definition) is 0. The van der Waals surface area contributed by atoms with Crippen molar-refractivity contribution in [1.82, 2.24) is 19.9 Å². The fourth-order valence-electron chi connectivity index (χ4n) is 4.09. The summed E-state index contributed by atoms with van der Waals surface area (Å²) < 4.78 is 7.76. The molecule has 1 aliphatic rings. The number of benzene rings is 3.